The number of aryl methyl sites for hydroxylation is 1. The first kappa shape index (κ1) is 18.4. The molecule has 0 aliphatic heterocycles. The smallest absolute Gasteiger partial charge is 0.191 e. The lowest BCUT2D eigenvalue weighted by atomic mass is 10.3. The maximum atomic E-state index is 6.06. The molecule has 1 aromatic heterocycles. The molecule has 130 valence electrons. The highest BCUT2D eigenvalue weighted by molar-refractivity contribution is 6.35. The van der Waals surface area contributed by atoms with Crippen LogP contribution in [0.1, 0.15) is 12.1 Å². The molecule has 0 spiro atoms. The minimum Gasteiger partial charge on any atom is -0.492 e. The summed E-state index contributed by atoms with van der Waals surface area (Å²) in [5, 5.41) is 11.7. The first-order valence-electron chi connectivity index (χ1n) is 7.59. The minimum atomic E-state index is 0.518. The van der Waals surface area contributed by atoms with Crippen LogP contribution < -0.4 is 15.4 Å². The van der Waals surface area contributed by atoms with Gasteiger partial charge in [0.15, 0.2) is 5.96 Å². The Morgan fingerprint density at radius 1 is 1.29 bits per heavy atom. The Balaban J connectivity index is 1.66. The van der Waals surface area contributed by atoms with E-state index >= 15 is 0 Å². The zero-order valence-electron chi connectivity index (χ0n) is 13.7. The molecule has 1 aromatic carbocycles. The lowest BCUT2D eigenvalue weighted by molar-refractivity contribution is 0.311. The van der Waals surface area contributed by atoms with Gasteiger partial charge in [0.25, 0.3) is 0 Å². The number of benzene rings is 1. The average molecular weight is 370 g/mol. The standard InChI is InChI=1S/C16H21Cl2N5O/c1-19-16(21-11-13-6-8-22-23(13)2)20-7-3-9-24-15-5-4-12(17)10-14(15)18/h4-6,8,10H,3,7,9,11H2,1-2H3,(H2,19,20,21). The summed E-state index contributed by atoms with van der Waals surface area (Å²) in [5.41, 5.74) is 1.08. The fourth-order valence-corrected chi connectivity index (χ4v) is 2.49. The topological polar surface area (TPSA) is 63.5 Å². The molecule has 2 rings (SSSR count). The monoisotopic (exact) mass is 369 g/mol. The molecular weight excluding hydrogens is 349 g/mol. The van der Waals surface area contributed by atoms with Crippen molar-refractivity contribution in [2.45, 2.75) is 13.0 Å². The number of nitrogens with one attached hydrogen (secondary N) is 2. The van der Waals surface area contributed by atoms with E-state index in [9.17, 15) is 0 Å². The fourth-order valence-electron chi connectivity index (χ4n) is 2.02. The lowest BCUT2D eigenvalue weighted by Crippen LogP contribution is -2.38. The van der Waals surface area contributed by atoms with Crippen molar-refractivity contribution < 1.29 is 4.74 Å². The van der Waals surface area contributed by atoms with Crippen LogP contribution in [0.2, 0.25) is 10.0 Å². The van der Waals surface area contributed by atoms with Crippen molar-refractivity contribution in [3.8, 4) is 5.75 Å². The molecule has 0 saturated heterocycles. The maximum absolute atomic E-state index is 6.06. The fraction of sp³-hybridized carbons (Fsp3) is 0.375. The van der Waals surface area contributed by atoms with E-state index in [1.165, 1.54) is 0 Å². The quantitative estimate of drug-likeness (QED) is 0.447. The highest BCUT2D eigenvalue weighted by Crippen LogP contribution is 2.27. The van der Waals surface area contributed by atoms with E-state index in [1.54, 1.807) is 31.4 Å². The Bertz CT molecular complexity index is 687. The molecule has 0 aliphatic rings. The molecule has 8 heteroatoms. The third-order valence-corrected chi connectivity index (χ3v) is 3.88. The molecule has 2 N–H and O–H groups in total. The molecule has 24 heavy (non-hydrogen) atoms. The van der Waals surface area contributed by atoms with Gasteiger partial charge in [-0.1, -0.05) is 23.2 Å². The summed E-state index contributed by atoms with van der Waals surface area (Å²) in [7, 11) is 3.65. The van der Waals surface area contributed by atoms with E-state index < -0.39 is 0 Å². The summed E-state index contributed by atoms with van der Waals surface area (Å²) in [4.78, 5) is 4.18. The second-order valence-corrected chi connectivity index (χ2v) is 5.92. The number of rotatable bonds is 7. The summed E-state index contributed by atoms with van der Waals surface area (Å²) < 4.78 is 7.46. The molecule has 0 amide bonds. The molecule has 0 unspecified atom stereocenters. The zero-order valence-corrected chi connectivity index (χ0v) is 15.2. The predicted octanol–water partition coefficient (Wildman–Crippen LogP) is 2.86. The van der Waals surface area contributed by atoms with Crippen molar-refractivity contribution >= 4 is 29.2 Å². The zero-order chi connectivity index (χ0) is 17.4. The summed E-state index contributed by atoms with van der Waals surface area (Å²) in [6.07, 6.45) is 2.58. The van der Waals surface area contributed by atoms with Gasteiger partial charge in [-0.15, -0.1) is 0 Å². The van der Waals surface area contributed by atoms with Gasteiger partial charge in [-0.25, -0.2) is 0 Å². The SMILES string of the molecule is CN=C(NCCCOc1ccc(Cl)cc1Cl)NCc1ccnn1C. The van der Waals surface area contributed by atoms with E-state index in [1.807, 2.05) is 17.8 Å². The van der Waals surface area contributed by atoms with Crippen LogP contribution in [0.25, 0.3) is 0 Å². The average Bonchev–Trinajstić information content (AvgIpc) is 2.97. The van der Waals surface area contributed by atoms with Gasteiger partial charge < -0.3 is 15.4 Å². The predicted molar refractivity (Wildman–Crippen MR) is 98.0 cm³/mol. The molecule has 0 aliphatic carbocycles. The first-order valence-corrected chi connectivity index (χ1v) is 8.35. The summed E-state index contributed by atoms with van der Waals surface area (Å²) in [6, 6.07) is 7.16. The molecule has 0 radical (unpaired) electrons. The van der Waals surface area contributed by atoms with Crippen LogP contribution in [0.3, 0.4) is 0 Å². The van der Waals surface area contributed by atoms with Crippen molar-refractivity contribution in [1.29, 1.82) is 0 Å². The first-order chi connectivity index (χ1) is 11.6. The molecule has 0 saturated carbocycles. The van der Waals surface area contributed by atoms with Gasteiger partial charge in [-0.2, -0.15) is 5.10 Å². The normalized spacial score (nSPS) is 11.4. The molecule has 0 bridgehead atoms. The van der Waals surface area contributed by atoms with Crippen LogP contribution >= 0.6 is 23.2 Å². The molecule has 2 aromatic rings. The lowest BCUT2D eigenvalue weighted by Gasteiger charge is -2.12. The second kappa shape index (κ2) is 9.39. The van der Waals surface area contributed by atoms with Crippen LogP contribution in [0.15, 0.2) is 35.5 Å². The number of halogens is 2. The van der Waals surface area contributed by atoms with Gasteiger partial charge in [0.05, 0.1) is 23.9 Å². The van der Waals surface area contributed by atoms with Gasteiger partial charge in [-0.05, 0) is 30.7 Å². The van der Waals surface area contributed by atoms with Crippen LogP contribution in [-0.2, 0) is 13.6 Å². The summed E-state index contributed by atoms with van der Waals surface area (Å²) >= 11 is 11.9. The molecule has 1 heterocycles. The summed E-state index contributed by atoms with van der Waals surface area (Å²) in [5.74, 6) is 1.38. The third-order valence-electron chi connectivity index (χ3n) is 3.35. The maximum Gasteiger partial charge on any atom is 0.191 e. The molecule has 6 nitrogen and oxygen atoms in total. The van der Waals surface area contributed by atoms with Gasteiger partial charge in [0.2, 0.25) is 0 Å². The summed E-state index contributed by atoms with van der Waals surface area (Å²) in [6.45, 7) is 1.94. The van der Waals surface area contributed by atoms with Gasteiger partial charge >= 0.3 is 0 Å². The van der Waals surface area contributed by atoms with Crippen LogP contribution in [0.5, 0.6) is 5.75 Å². The Morgan fingerprint density at radius 2 is 2.12 bits per heavy atom. The van der Waals surface area contributed by atoms with Crippen molar-refractivity contribution in [2.24, 2.45) is 12.0 Å². The van der Waals surface area contributed by atoms with Crippen molar-refractivity contribution in [1.82, 2.24) is 20.4 Å². The van der Waals surface area contributed by atoms with E-state index in [0.29, 0.717) is 28.9 Å². The number of ether oxygens (including phenoxy) is 1. The van der Waals surface area contributed by atoms with Gasteiger partial charge in [-0.3, -0.25) is 9.67 Å². The largest absolute Gasteiger partial charge is 0.492 e. The number of aliphatic imine (C=N–C) groups is 1. The van der Waals surface area contributed by atoms with E-state index in [2.05, 4.69) is 20.7 Å². The Morgan fingerprint density at radius 3 is 2.79 bits per heavy atom. The second-order valence-electron chi connectivity index (χ2n) is 5.08. The van der Waals surface area contributed by atoms with Gasteiger partial charge in [0.1, 0.15) is 5.75 Å². The molecule has 0 atom stereocenters. The Hall–Kier alpha value is -1.92. The van der Waals surface area contributed by atoms with Crippen molar-refractivity contribution in [3.05, 3.63) is 46.2 Å². The van der Waals surface area contributed by atoms with Crippen LogP contribution in [0, 0.1) is 0 Å². The molecule has 0 fully saturated rings. The minimum absolute atomic E-state index is 0.518. The van der Waals surface area contributed by atoms with Crippen LogP contribution in [0.4, 0.5) is 0 Å². The third kappa shape index (κ3) is 5.62. The van der Waals surface area contributed by atoms with Gasteiger partial charge in [0, 0.05) is 31.9 Å². The van der Waals surface area contributed by atoms with Crippen molar-refractivity contribution in [3.63, 3.8) is 0 Å². The molecular formula is C16H21Cl2N5O. The van der Waals surface area contributed by atoms with E-state index in [-0.39, 0.29) is 0 Å². The number of hydrogen-bond donors (Lipinski definition) is 2. The number of nitrogens with zero attached hydrogens (tertiary/aromatic N) is 3. The highest BCUT2D eigenvalue weighted by atomic mass is 35.5. The Labute approximate surface area is 151 Å². The Kier molecular flexibility index (Phi) is 7.21. The highest BCUT2D eigenvalue weighted by Gasteiger charge is 2.03. The van der Waals surface area contributed by atoms with E-state index in [0.717, 1.165) is 24.6 Å². The number of hydrogen-bond acceptors (Lipinski definition) is 3. The van der Waals surface area contributed by atoms with Crippen LogP contribution in [-0.4, -0.2) is 35.9 Å². The number of guanidine groups is 1. The van der Waals surface area contributed by atoms with E-state index in [4.69, 9.17) is 27.9 Å². The number of aromatic nitrogens is 2. The van der Waals surface area contributed by atoms with Crippen molar-refractivity contribution in [2.75, 3.05) is 20.2 Å².